The van der Waals surface area contributed by atoms with Crippen molar-refractivity contribution in [2.45, 2.75) is 51.2 Å². The Balaban J connectivity index is 1.45. The molecule has 2 fully saturated rings. The van der Waals surface area contributed by atoms with Crippen molar-refractivity contribution in [3.05, 3.63) is 35.4 Å². The van der Waals surface area contributed by atoms with Gasteiger partial charge in [0.15, 0.2) is 0 Å². The Morgan fingerprint density at radius 1 is 1.15 bits per heavy atom. The average molecular weight is 368 g/mol. The summed E-state index contributed by atoms with van der Waals surface area (Å²) in [7, 11) is 0. The minimum absolute atomic E-state index is 0.102. The monoisotopic (exact) mass is 368 g/mol. The Hall–Kier alpha value is -1.56. The van der Waals surface area contributed by atoms with Crippen molar-refractivity contribution in [3.63, 3.8) is 0 Å². The largest absolute Gasteiger partial charge is 0.416 e. The van der Waals surface area contributed by atoms with Gasteiger partial charge in [0.05, 0.1) is 5.56 Å². The summed E-state index contributed by atoms with van der Waals surface area (Å²) in [6, 6.07) is 5.62. The fourth-order valence-electron chi connectivity index (χ4n) is 3.54. The average Bonchev–Trinajstić information content (AvgIpc) is 3.44. The molecule has 2 aliphatic rings. The predicted molar refractivity (Wildman–Crippen MR) is 94.6 cm³/mol. The summed E-state index contributed by atoms with van der Waals surface area (Å²) in [5.74, 6) is 0.742. The van der Waals surface area contributed by atoms with Crippen LogP contribution in [0.2, 0.25) is 0 Å². The molecule has 0 aromatic heterocycles. The van der Waals surface area contributed by atoms with Gasteiger partial charge in [0, 0.05) is 25.0 Å². The zero-order valence-electron chi connectivity index (χ0n) is 15.2. The van der Waals surface area contributed by atoms with Crippen LogP contribution in [-0.4, -0.2) is 36.5 Å². The number of likely N-dealkylation sites (tertiary alicyclic amines) is 1. The summed E-state index contributed by atoms with van der Waals surface area (Å²) in [6.07, 6.45) is 0.781. The fraction of sp³-hybridized carbons (Fsp3) is 0.650. The van der Waals surface area contributed by atoms with E-state index in [1.54, 1.807) is 0 Å². The molecule has 0 radical (unpaired) electrons. The lowest BCUT2D eigenvalue weighted by Gasteiger charge is -2.34. The molecule has 1 aromatic rings. The van der Waals surface area contributed by atoms with Gasteiger partial charge in [-0.1, -0.05) is 19.1 Å². The molecule has 0 bridgehead atoms. The smallest absolute Gasteiger partial charge is 0.342 e. The quantitative estimate of drug-likeness (QED) is 0.827. The number of benzene rings is 1. The topological polar surface area (TPSA) is 32.3 Å². The van der Waals surface area contributed by atoms with E-state index >= 15 is 0 Å². The normalized spacial score (nSPS) is 20.2. The number of hydrogen-bond donors (Lipinski definition) is 1. The molecule has 1 heterocycles. The third kappa shape index (κ3) is 5.22. The van der Waals surface area contributed by atoms with Gasteiger partial charge in [-0.25, -0.2) is 0 Å². The van der Waals surface area contributed by atoms with E-state index in [1.807, 2.05) is 11.8 Å². The maximum absolute atomic E-state index is 12.6. The Morgan fingerprint density at radius 3 is 2.31 bits per heavy atom. The number of amides is 1. The van der Waals surface area contributed by atoms with Crippen molar-refractivity contribution in [2.24, 2.45) is 11.8 Å². The van der Waals surface area contributed by atoms with Crippen LogP contribution >= 0.6 is 0 Å². The number of hydrogen-bond acceptors (Lipinski definition) is 2. The molecule has 1 aliphatic carbocycles. The van der Waals surface area contributed by atoms with Crippen molar-refractivity contribution in [1.82, 2.24) is 10.2 Å². The number of nitrogens with zero attached hydrogens (tertiary/aromatic N) is 1. The maximum atomic E-state index is 12.6. The van der Waals surface area contributed by atoms with Crippen LogP contribution in [0.3, 0.4) is 0 Å². The van der Waals surface area contributed by atoms with Gasteiger partial charge in [0.25, 0.3) is 0 Å². The van der Waals surface area contributed by atoms with Crippen LogP contribution in [-0.2, 0) is 17.4 Å². The molecule has 1 saturated heterocycles. The molecule has 1 atom stereocenters. The first-order valence-electron chi connectivity index (χ1n) is 9.51. The lowest BCUT2D eigenvalue weighted by atomic mass is 9.97. The standard InChI is InChI=1S/C20H27F3N2O/c1-14(12-15-4-6-17(7-5-15)20(21,22)23)19(26)25-10-8-18(9-11-25)24-13-16-2-3-16/h4-7,14,16,18,24H,2-3,8-13H2,1H3. The summed E-state index contributed by atoms with van der Waals surface area (Å²) in [4.78, 5) is 14.5. The maximum Gasteiger partial charge on any atom is 0.416 e. The molecule has 3 rings (SSSR count). The van der Waals surface area contributed by atoms with E-state index in [9.17, 15) is 18.0 Å². The highest BCUT2D eigenvalue weighted by atomic mass is 19.4. The van der Waals surface area contributed by atoms with E-state index in [0.29, 0.717) is 12.5 Å². The summed E-state index contributed by atoms with van der Waals surface area (Å²) >= 11 is 0. The van der Waals surface area contributed by atoms with Gasteiger partial charge < -0.3 is 10.2 Å². The number of carbonyl (C=O) groups is 1. The second-order valence-electron chi connectivity index (χ2n) is 7.75. The van der Waals surface area contributed by atoms with Crippen LogP contribution in [0.15, 0.2) is 24.3 Å². The van der Waals surface area contributed by atoms with Gasteiger partial charge in [-0.3, -0.25) is 4.79 Å². The molecule has 1 aromatic carbocycles. The SMILES string of the molecule is CC(Cc1ccc(C(F)(F)F)cc1)C(=O)N1CCC(NCC2CC2)CC1. The minimum atomic E-state index is -4.32. The predicted octanol–water partition coefficient (Wildman–Crippen LogP) is 3.87. The molecule has 144 valence electrons. The molecular weight excluding hydrogens is 341 g/mol. The van der Waals surface area contributed by atoms with E-state index < -0.39 is 11.7 Å². The number of piperidine rings is 1. The Morgan fingerprint density at radius 2 is 1.77 bits per heavy atom. The highest BCUT2D eigenvalue weighted by molar-refractivity contribution is 5.78. The molecular formula is C20H27F3N2O. The summed E-state index contributed by atoms with van der Waals surface area (Å²) in [5.41, 5.74) is 0.112. The summed E-state index contributed by atoms with van der Waals surface area (Å²) in [5, 5.41) is 3.60. The van der Waals surface area contributed by atoms with E-state index in [4.69, 9.17) is 0 Å². The van der Waals surface area contributed by atoms with Crippen LogP contribution < -0.4 is 5.32 Å². The number of rotatable bonds is 6. The number of nitrogens with one attached hydrogen (secondary N) is 1. The molecule has 1 saturated carbocycles. The minimum Gasteiger partial charge on any atom is -0.342 e. The lowest BCUT2D eigenvalue weighted by molar-refractivity contribution is -0.138. The highest BCUT2D eigenvalue weighted by Crippen LogP contribution is 2.30. The van der Waals surface area contributed by atoms with Gasteiger partial charge in [-0.15, -0.1) is 0 Å². The van der Waals surface area contributed by atoms with Gasteiger partial charge in [0.2, 0.25) is 5.91 Å². The first kappa shape index (κ1) is 19.2. The molecule has 1 N–H and O–H groups in total. The molecule has 6 heteroatoms. The van der Waals surface area contributed by atoms with Crippen LogP contribution in [0, 0.1) is 11.8 Å². The van der Waals surface area contributed by atoms with Crippen LogP contribution in [0.25, 0.3) is 0 Å². The first-order valence-corrected chi connectivity index (χ1v) is 9.51. The number of carbonyl (C=O) groups excluding carboxylic acids is 1. The second-order valence-corrected chi connectivity index (χ2v) is 7.75. The van der Waals surface area contributed by atoms with Gasteiger partial charge in [-0.2, -0.15) is 13.2 Å². The van der Waals surface area contributed by atoms with Crippen molar-refractivity contribution in [2.75, 3.05) is 19.6 Å². The van der Waals surface area contributed by atoms with E-state index in [-0.39, 0.29) is 11.8 Å². The third-order valence-corrected chi connectivity index (χ3v) is 5.44. The van der Waals surface area contributed by atoms with Crippen molar-refractivity contribution >= 4 is 5.91 Å². The highest BCUT2D eigenvalue weighted by Gasteiger charge is 2.30. The molecule has 26 heavy (non-hydrogen) atoms. The Kier molecular flexibility index (Phi) is 5.90. The lowest BCUT2D eigenvalue weighted by Crippen LogP contribution is -2.47. The van der Waals surface area contributed by atoms with Crippen molar-refractivity contribution < 1.29 is 18.0 Å². The summed E-state index contributed by atoms with van der Waals surface area (Å²) in [6.45, 7) is 4.48. The van der Waals surface area contributed by atoms with Crippen LogP contribution in [0.5, 0.6) is 0 Å². The molecule has 1 unspecified atom stereocenters. The zero-order chi connectivity index (χ0) is 18.7. The van der Waals surface area contributed by atoms with Crippen LogP contribution in [0.4, 0.5) is 13.2 Å². The van der Waals surface area contributed by atoms with E-state index in [2.05, 4.69) is 5.32 Å². The number of halogens is 3. The van der Waals surface area contributed by atoms with E-state index in [1.165, 1.54) is 25.0 Å². The van der Waals surface area contributed by atoms with Gasteiger partial charge in [-0.05, 0) is 62.3 Å². The zero-order valence-corrected chi connectivity index (χ0v) is 15.2. The van der Waals surface area contributed by atoms with Crippen molar-refractivity contribution in [3.8, 4) is 0 Å². The fourth-order valence-corrected chi connectivity index (χ4v) is 3.54. The molecule has 3 nitrogen and oxygen atoms in total. The van der Waals surface area contributed by atoms with Crippen molar-refractivity contribution in [1.29, 1.82) is 0 Å². The second kappa shape index (κ2) is 7.99. The molecule has 1 amide bonds. The Bertz CT molecular complexity index is 602. The van der Waals surface area contributed by atoms with E-state index in [0.717, 1.165) is 56.1 Å². The molecule has 0 spiro atoms. The third-order valence-electron chi connectivity index (χ3n) is 5.44. The van der Waals surface area contributed by atoms with Gasteiger partial charge >= 0.3 is 6.18 Å². The number of alkyl halides is 3. The first-order chi connectivity index (χ1) is 12.3. The molecule has 1 aliphatic heterocycles. The van der Waals surface area contributed by atoms with Crippen LogP contribution in [0.1, 0.15) is 43.7 Å². The Labute approximate surface area is 152 Å². The van der Waals surface area contributed by atoms with Gasteiger partial charge in [0.1, 0.15) is 0 Å². The summed E-state index contributed by atoms with van der Waals surface area (Å²) < 4.78 is 37.9.